The maximum atomic E-state index is 12.6. The molecular weight excluding hydrogens is 296 g/mol. The fourth-order valence-corrected chi connectivity index (χ4v) is 2.40. The van der Waals surface area contributed by atoms with Crippen LogP contribution in [0.2, 0.25) is 0 Å². The summed E-state index contributed by atoms with van der Waals surface area (Å²) >= 11 is 0. The van der Waals surface area contributed by atoms with E-state index in [9.17, 15) is 9.59 Å². The molecule has 0 spiro atoms. The summed E-state index contributed by atoms with van der Waals surface area (Å²) in [6.07, 6.45) is 0. The first kappa shape index (κ1) is 14.9. The molecule has 2 aromatic carbocycles. The van der Waals surface area contributed by atoms with E-state index in [2.05, 4.69) is 10.6 Å². The van der Waals surface area contributed by atoms with Crippen molar-refractivity contribution in [2.45, 2.75) is 6.92 Å². The van der Waals surface area contributed by atoms with Crippen molar-refractivity contribution in [1.82, 2.24) is 0 Å². The van der Waals surface area contributed by atoms with E-state index in [0.717, 1.165) is 5.56 Å². The summed E-state index contributed by atoms with van der Waals surface area (Å²) in [7, 11) is 1.54. The minimum atomic E-state index is -0.350. The molecule has 1 heterocycles. The third-order valence-corrected chi connectivity index (χ3v) is 3.50. The summed E-state index contributed by atoms with van der Waals surface area (Å²) in [5.74, 6) is 0.407. The Labute approximate surface area is 133 Å². The highest BCUT2D eigenvalue weighted by molar-refractivity contribution is 6.12. The molecule has 0 aliphatic carbocycles. The smallest absolute Gasteiger partial charge is 0.262 e. The van der Waals surface area contributed by atoms with Crippen LogP contribution in [0.15, 0.2) is 36.4 Å². The van der Waals surface area contributed by atoms with E-state index in [4.69, 9.17) is 9.47 Å². The van der Waals surface area contributed by atoms with Gasteiger partial charge in [0.05, 0.1) is 24.0 Å². The highest BCUT2D eigenvalue weighted by atomic mass is 16.5. The molecule has 0 saturated heterocycles. The third-order valence-electron chi connectivity index (χ3n) is 3.50. The van der Waals surface area contributed by atoms with Crippen molar-refractivity contribution in [3.05, 3.63) is 47.5 Å². The maximum absolute atomic E-state index is 12.6. The van der Waals surface area contributed by atoms with E-state index in [1.54, 1.807) is 31.4 Å². The average Bonchev–Trinajstić information content (AvgIpc) is 2.54. The number of ether oxygens (including phenoxy) is 2. The van der Waals surface area contributed by atoms with Crippen molar-refractivity contribution in [1.29, 1.82) is 0 Å². The molecule has 1 aliphatic rings. The van der Waals surface area contributed by atoms with E-state index in [-0.39, 0.29) is 18.4 Å². The summed E-state index contributed by atoms with van der Waals surface area (Å²) in [4.78, 5) is 24.1. The zero-order chi connectivity index (χ0) is 16.4. The van der Waals surface area contributed by atoms with Gasteiger partial charge in [0.1, 0.15) is 11.5 Å². The second-order valence-electron chi connectivity index (χ2n) is 5.17. The van der Waals surface area contributed by atoms with Gasteiger partial charge in [-0.05, 0) is 36.8 Å². The van der Waals surface area contributed by atoms with Crippen LogP contribution in [0.5, 0.6) is 11.5 Å². The van der Waals surface area contributed by atoms with Crippen molar-refractivity contribution in [3.63, 3.8) is 0 Å². The van der Waals surface area contributed by atoms with Crippen LogP contribution >= 0.6 is 0 Å². The quantitative estimate of drug-likeness (QED) is 0.913. The lowest BCUT2D eigenvalue weighted by atomic mass is 10.1. The Bertz CT molecular complexity index is 786. The zero-order valence-corrected chi connectivity index (χ0v) is 12.8. The number of methoxy groups -OCH3 is 1. The van der Waals surface area contributed by atoms with Crippen LogP contribution in [0.25, 0.3) is 0 Å². The number of nitrogens with one attached hydrogen (secondary N) is 2. The SMILES string of the molecule is COc1ccc(C)cc1NC(=O)c1cccc2c1NC(=O)CO2. The number of carbonyl (C=O) groups excluding carboxylic acids is 2. The molecule has 23 heavy (non-hydrogen) atoms. The average molecular weight is 312 g/mol. The lowest BCUT2D eigenvalue weighted by Crippen LogP contribution is -2.27. The molecule has 0 bridgehead atoms. The summed E-state index contributed by atoms with van der Waals surface area (Å²) in [6.45, 7) is 1.87. The Morgan fingerprint density at radius 1 is 1.30 bits per heavy atom. The lowest BCUT2D eigenvalue weighted by Gasteiger charge is -2.20. The van der Waals surface area contributed by atoms with Gasteiger partial charge in [0.25, 0.3) is 11.8 Å². The van der Waals surface area contributed by atoms with Crippen molar-refractivity contribution in [2.24, 2.45) is 0 Å². The molecule has 0 aromatic heterocycles. The Hall–Kier alpha value is -3.02. The summed E-state index contributed by atoms with van der Waals surface area (Å²) in [5, 5.41) is 5.49. The number of amides is 2. The molecule has 1 aliphatic heterocycles. The van der Waals surface area contributed by atoms with E-state index < -0.39 is 0 Å². The third kappa shape index (κ3) is 2.96. The predicted molar refractivity (Wildman–Crippen MR) is 86.3 cm³/mol. The standard InChI is InChI=1S/C17H16N2O4/c1-10-6-7-13(22-2)12(8-10)18-17(21)11-4-3-5-14-16(11)19-15(20)9-23-14/h3-8H,9H2,1-2H3,(H,18,21)(H,19,20). The number of carbonyl (C=O) groups is 2. The van der Waals surface area contributed by atoms with Crippen LogP contribution in [0.3, 0.4) is 0 Å². The molecule has 6 nitrogen and oxygen atoms in total. The molecule has 2 N–H and O–H groups in total. The summed E-state index contributed by atoms with van der Waals surface area (Å²) in [6, 6.07) is 10.5. The molecule has 0 atom stereocenters. The van der Waals surface area contributed by atoms with Gasteiger partial charge in [0.15, 0.2) is 6.61 Å². The molecule has 0 radical (unpaired) electrons. The van der Waals surface area contributed by atoms with Gasteiger partial charge in [-0.1, -0.05) is 12.1 Å². The number of hydrogen-bond donors (Lipinski definition) is 2. The Balaban J connectivity index is 1.93. The number of hydrogen-bond acceptors (Lipinski definition) is 4. The molecule has 2 aromatic rings. The number of benzene rings is 2. The van der Waals surface area contributed by atoms with E-state index >= 15 is 0 Å². The predicted octanol–water partition coefficient (Wildman–Crippen LogP) is 2.59. The first-order valence-corrected chi connectivity index (χ1v) is 7.10. The van der Waals surface area contributed by atoms with Gasteiger partial charge in [0.2, 0.25) is 0 Å². The highest BCUT2D eigenvalue weighted by Crippen LogP contribution is 2.32. The number of aryl methyl sites for hydroxylation is 1. The van der Waals surface area contributed by atoms with Crippen LogP contribution in [0.1, 0.15) is 15.9 Å². The van der Waals surface area contributed by atoms with Crippen LogP contribution in [0.4, 0.5) is 11.4 Å². The number of fused-ring (bicyclic) bond motifs is 1. The Morgan fingerprint density at radius 2 is 2.13 bits per heavy atom. The first-order chi connectivity index (χ1) is 11.1. The minimum absolute atomic E-state index is 0.0518. The second-order valence-corrected chi connectivity index (χ2v) is 5.17. The van der Waals surface area contributed by atoms with Gasteiger partial charge in [-0.3, -0.25) is 9.59 Å². The van der Waals surface area contributed by atoms with Gasteiger partial charge in [-0.25, -0.2) is 0 Å². The fraction of sp³-hybridized carbons (Fsp3) is 0.176. The topological polar surface area (TPSA) is 76.7 Å². The lowest BCUT2D eigenvalue weighted by molar-refractivity contribution is -0.118. The van der Waals surface area contributed by atoms with E-state index in [1.807, 2.05) is 19.1 Å². The van der Waals surface area contributed by atoms with Gasteiger partial charge in [-0.2, -0.15) is 0 Å². The largest absolute Gasteiger partial charge is 0.495 e. The van der Waals surface area contributed by atoms with E-state index in [0.29, 0.717) is 28.4 Å². The van der Waals surface area contributed by atoms with Crippen molar-refractivity contribution < 1.29 is 19.1 Å². The van der Waals surface area contributed by atoms with Crippen LogP contribution in [0, 0.1) is 6.92 Å². The normalized spacial score (nSPS) is 12.7. The highest BCUT2D eigenvalue weighted by Gasteiger charge is 2.22. The van der Waals surface area contributed by atoms with Crippen molar-refractivity contribution >= 4 is 23.2 Å². The van der Waals surface area contributed by atoms with Crippen LogP contribution < -0.4 is 20.1 Å². The number of rotatable bonds is 3. The molecular formula is C17H16N2O4. The first-order valence-electron chi connectivity index (χ1n) is 7.10. The molecule has 118 valence electrons. The van der Waals surface area contributed by atoms with Crippen molar-refractivity contribution in [2.75, 3.05) is 24.4 Å². The molecule has 2 amide bonds. The molecule has 0 saturated carbocycles. The summed E-state index contributed by atoms with van der Waals surface area (Å²) < 4.78 is 10.6. The van der Waals surface area contributed by atoms with Crippen LogP contribution in [-0.2, 0) is 4.79 Å². The number of para-hydroxylation sites is 1. The molecule has 6 heteroatoms. The number of anilines is 2. The van der Waals surface area contributed by atoms with Crippen molar-refractivity contribution in [3.8, 4) is 11.5 Å². The van der Waals surface area contributed by atoms with Crippen LogP contribution in [-0.4, -0.2) is 25.5 Å². The maximum Gasteiger partial charge on any atom is 0.262 e. The fourth-order valence-electron chi connectivity index (χ4n) is 2.40. The Morgan fingerprint density at radius 3 is 2.91 bits per heavy atom. The van der Waals surface area contributed by atoms with Gasteiger partial charge in [0, 0.05) is 0 Å². The molecule has 3 rings (SSSR count). The van der Waals surface area contributed by atoms with E-state index in [1.165, 1.54) is 0 Å². The van der Waals surface area contributed by atoms with Gasteiger partial charge >= 0.3 is 0 Å². The molecule has 0 fully saturated rings. The minimum Gasteiger partial charge on any atom is -0.495 e. The second kappa shape index (κ2) is 6.00. The zero-order valence-electron chi connectivity index (χ0n) is 12.8. The summed E-state index contributed by atoms with van der Waals surface area (Å²) in [5.41, 5.74) is 2.28. The molecule has 0 unspecified atom stereocenters. The Kier molecular flexibility index (Phi) is 3.89. The monoisotopic (exact) mass is 312 g/mol. The van der Waals surface area contributed by atoms with Gasteiger partial charge in [-0.15, -0.1) is 0 Å². The van der Waals surface area contributed by atoms with Gasteiger partial charge < -0.3 is 20.1 Å².